The summed E-state index contributed by atoms with van der Waals surface area (Å²) in [6, 6.07) is 5.91. The number of benzene rings is 1. The van der Waals surface area contributed by atoms with Gasteiger partial charge in [-0.15, -0.1) is 0 Å². The summed E-state index contributed by atoms with van der Waals surface area (Å²) in [7, 11) is 0. The van der Waals surface area contributed by atoms with Crippen LogP contribution in [0.5, 0.6) is 0 Å². The van der Waals surface area contributed by atoms with E-state index >= 15 is 0 Å². The van der Waals surface area contributed by atoms with E-state index < -0.39 is 0 Å². The third-order valence-corrected chi connectivity index (χ3v) is 4.62. The van der Waals surface area contributed by atoms with Crippen molar-refractivity contribution < 1.29 is 4.79 Å². The third-order valence-electron chi connectivity index (χ3n) is 4.13. The van der Waals surface area contributed by atoms with E-state index in [9.17, 15) is 4.79 Å². The second-order valence-corrected chi connectivity index (χ2v) is 7.48. The normalized spacial score (nSPS) is 19.8. The molecule has 1 saturated heterocycles. The SMILES string of the molecule is Cc1ccc(Br)cc1C(=O)N1CCC(C(C)(C)C)C1. The van der Waals surface area contributed by atoms with Gasteiger partial charge in [0, 0.05) is 23.1 Å². The molecule has 3 heteroatoms. The lowest BCUT2D eigenvalue weighted by molar-refractivity contribution is 0.0776. The smallest absolute Gasteiger partial charge is 0.254 e. The summed E-state index contributed by atoms with van der Waals surface area (Å²) >= 11 is 3.45. The van der Waals surface area contributed by atoms with Gasteiger partial charge in [-0.05, 0) is 42.4 Å². The van der Waals surface area contributed by atoms with Crippen LogP contribution < -0.4 is 0 Å². The molecule has 1 aliphatic heterocycles. The average molecular weight is 324 g/mol. The van der Waals surface area contributed by atoms with E-state index in [0.717, 1.165) is 35.1 Å². The Morgan fingerprint density at radius 2 is 2.05 bits per heavy atom. The molecule has 0 aromatic heterocycles. The highest BCUT2D eigenvalue weighted by atomic mass is 79.9. The molecule has 1 unspecified atom stereocenters. The largest absolute Gasteiger partial charge is 0.338 e. The van der Waals surface area contributed by atoms with Gasteiger partial charge in [0.15, 0.2) is 0 Å². The van der Waals surface area contributed by atoms with E-state index in [0.29, 0.717) is 5.92 Å². The van der Waals surface area contributed by atoms with Crippen LogP contribution in [-0.4, -0.2) is 23.9 Å². The summed E-state index contributed by atoms with van der Waals surface area (Å²) < 4.78 is 0.966. The van der Waals surface area contributed by atoms with E-state index in [-0.39, 0.29) is 11.3 Å². The number of halogens is 1. The first-order chi connectivity index (χ1) is 8.79. The molecule has 1 aromatic rings. The zero-order valence-corrected chi connectivity index (χ0v) is 13.8. The van der Waals surface area contributed by atoms with Crippen molar-refractivity contribution in [3.05, 3.63) is 33.8 Å². The van der Waals surface area contributed by atoms with E-state index in [4.69, 9.17) is 0 Å². The van der Waals surface area contributed by atoms with Crippen LogP contribution in [0, 0.1) is 18.3 Å². The average Bonchev–Trinajstić information content (AvgIpc) is 2.80. The molecule has 1 heterocycles. The van der Waals surface area contributed by atoms with Gasteiger partial charge in [0.1, 0.15) is 0 Å². The van der Waals surface area contributed by atoms with Gasteiger partial charge in [-0.2, -0.15) is 0 Å². The Morgan fingerprint density at radius 1 is 1.37 bits per heavy atom. The van der Waals surface area contributed by atoms with Crippen molar-refractivity contribution in [2.45, 2.75) is 34.1 Å². The van der Waals surface area contributed by atoms with Gasteiger partial charge in [-0.1, -0.05) is 42.8 Å². The van der Waals surface area contributed by atoms with E-state index in [1.807, 2.05) is 30.0 Å². The van der Waals surface area contributed by atoms with Crippen LogP contribution in [0.3, 0.4) is 0 Å². The standard InChI is InChI=1S/C16H22BrNO/c1-11-5-6-13(17)9-14(11)15(19)18-8-7-12(10-18)16(2,3)4/h5-6,9,12H,7-8,10H2,1-4H3. The number of hydrogen-bond donors (Lipinski definition) is 0. The Morgan fingerprint density at radius 3 is 2.63 bits per heavy atom. The summed E-state index contributed by atoms with van der Waals surface area (Å²) in [6.07, 6.45) is 1.11. The Kier molecular flexibility index (Phi) is 4.05. The lowest BCUT2D eigenvalue weighted by Gasteiger charge is -2.27. The summed E-state index contributed by atoms with van der Waals surface area (Å²) in [6.45, 7) is 10.5. The molecule has 1 aliphatic rings. The number of amides is 1. The number of carbonyl (C=O) groups excluding carboxylic acids is 1. The lowest BCUT2D eigenvalue weighted by Crippen LogP contribution is -2.31. The molecule has 0 radical (unpaired) electrons. The molecule has 1 atom stereocenters. The maximum atomic E-state index is 12.6. The highest BCUT2D eigenvalue weighted by Gasteiger charge is 2.34. The lowest BCUT2D eigenvalue weighted by atomic mass is 9.80. The van der Waals surface area contributed by atoms with Crippen molar-refractivity contribution in [3.8, 4) is 0 Å². The van der Waals surface area contributed by atoms with Crippen LogP contribution in [-0.2, 0) is 0 Å². The zero-order valence-electron chi connectivity index (χ0n) is 12.2. The fourth-order valence-corrected chi connectivity index (χ4v) is 3.01. The Hall–Kier alpha value is -0.830. The number of hydrogen-bond acceptors (Lipinski definition) is 1. The van der Waals surface area contributed by atoms with Crippen molar-refractivity contribution in [3.63, 3.8) is 0 Å². The van der Waals surface area contributed by atoms with E-state index in [2.05, 4.69) is 36.7 Å². The number of carbonyl (C=O) groups is 1. The minimum atomic E-state index is 0.172. The molecule has 0 bridgehead atoms. The van der Waals surface area contributed by atoms with Gasteiger partial charge in [-0.25, -0.2) is 0 Å². The molecule has 2 nitrogen and oxygen atoms in total. The van der Waals surface area contributed by atoms with Gasteiger partial charge in [0.2, 0.25) is 0 Å². The van der Waals surface area contributed by atoms with Crippen molar-refractivity contribution in [2.75, 3.05) is 13.1 Å². The van der Waals surface area contributed by atoms with Crippen molar-refractivity contribution in [1.82, 2.24) is 4.90 Å². The molecule has 1 fully saturated rings. The molecule has 2 rings (SSSR count). The van der Waals surface area contributed by atoms with Crippen LogP contribution >= 0.6 is 15.9 Å². The molecule has 0 N–H and O–H groups in total. The second-order valence-electron chi connectivity index (χ2n) is 6.56. The van der Waals surface area contributed by atoms with Gasteiger partial charge in [0.25, 0.3) is 5.91 Å². The topological polar surface area (TPSA) is 20.3 Å². The molecule has 104 valence electrons. The first kappa shape index (κ1) is 14.6. The van der Waals surface area contributed by atoms with Crippen LogP contribution in [0.4, 0.5) is 0 Å². The summed E-state index contributed by atoms with van der Waals surface area (Å²) in [5, 5.41) is 0. The molecule has 19 heavy (non-hydrogen) atoms. The highest BCUT2D eigenvalue weighted by Crippen LogP contribution is 2.34. The summed E-state index contributed by atoms with van der Waals surface area (Å²) in [4.78, 5) is 14.6. The molecule has 1 amide bonds. The van der Waals surface area contributed by atoms with Crippen molar-refractivity contribution in [1.29, 1.82) is 0 Å². The number of aryl methyl sites for hydroxylation is 1. The minimum Gasteiger partial charge on any atom is -0.338 e. The Bertz CT molecular complexity index is 490. The monoisotopic (exact) mass is 323 g/mol. The van der Waals surface area contributed by atoms with Crippen LogP contribution in [0.2, 0.25) is 0 Å². The Labute approximate surface area is 124 Å². The summed E-state index contributed by atoms with van der Waals surface area (Å²) in [5.41, 5.74) is 2.15. The predicted molar refractivity (Wildman–Crippen MR) is 82.3 cm³/mol. The van der Waals surface area contributed by atoms with Crippen LogP contribution in [0.1, 0.15) is 43.1 Å². The predicted octanol–water partition coefficient (Wildman–Crippen LogP) is 4.27. The van der Waals surface area contributed by atoms with Gasteiger partial charge < -0.3 is 4.90 Å². The number of likely N-dealkylation sites (tertiary alicyclic amines) is 1. The Balaban J connectivity index is 2.16. The fourth-order valence-electron chi connectivity index (χ4n) is 2.65. The first-order valence-corrected chi connectivity index (χ1v) is 7.64. The molecule has 0 saturated carbocycles. The molecule has 0 aliphatic carbocycles. The second kappa shape index (κ2) is 5.28. The van der Waals surface area contributed by atoms with Gasteiger partial charge >= 0.3 is 0 Å². The summed E-state index contributed by atoms with van der Waals surface area (Å²) in [5.74, 6) is 0.773. The molecular formula is C16H22BrNO. The molecule has 1 aromatic carbocycles. The van der Waals surface area contributed by atoms with Gasteiger partial charge in [-0.3, -0.25) is 4.79 Å². The van der Waals surface area contributed by atoms with E-state index in [1.165, 1.54) is 0 Å². The van der Waals surface area contributed by atoms with Gasteiger partial charge in [0.05, 0.1) is 0 Å². The number of rotatable bonds is 1. The highest BCUT2D eigenvalue weighted by molar-refractivity contribution is 9.10. The maximum absolute atomic E-state index is 12.6. The van der Waals surface area contributed by atoms with Crippen molar-refractivity contribution >= 4 is 21.8 Å². The first-order valence-electron chi connectivity index (χ1n) is 6.84. The minimum absolute atomic E-state index is 0.172. The third kappa shape index (κ3) is 3.19. The molecular weight excluding hydrogens is 302 g/mol. The zero-order chi connectivity index (χ0) is 14.2. The van der Waals surface area contributed by atoms with Crippen molar-refractivity contribution in [2.24, 2.45) is 11.3 Å². The fraction of sp³-hybridized carbons (Fsp3) is 0.562. The maximum Gasteiger partial charge on any atom is 0.254 e. The number of nitrogens with zero attached hydrogens (tertiary/aromatic N) is 1. The van der Waals surface area contributed by atoms with Crippen LogP contribution in [0.25, 0.3) is 0 Å². The van der Waals surface area contributed by atoms with E-state index in [1.54, 1.807) is 0 Å². The molecule has 0 spiro atoms. The van der Waals surface area contributed by atoms with Crippen LogP contribution in [0.15, 0.2) is 22.7 Å². The quantitative estimate of drug-likeness (QED) is 0.756.